The minimum atomic E-state index is -0.197. The van der Waals surface area contributed by atoms with E-state index in [4.69, 9.17) is 23.2 Å². The molecule has 0 aliphatic carbocycles. The topological polar surface area (TPSA) is 3.24 Å². The van der Waals surface area contributed by atoms with Crippen molar-refractivity contribution in [1.29, 1.82) is 0 Å². The number of hydrogen-bond acceptors (Lipinski definition) is 2. The van der Waals surface area contributed by atoms with Crippen LogP contribution < -0.4 is 21.3 Å². The first-order chi connectivity index (χ1) is 39.6. The van der Waals surface area contributed by atoms with E-state index in [1.807, 2.05) is 11.8 Å². The monoisotopic (exact) mass is 1090 g/mol. The molecule has 0 amide bonds. The average molecular weight is 1100 g/mol. The number of hydrogen-bond donors (Lipinski definition) is 0. The zero-order valence-electron chi connectivity index (χ0n) is 45.2. The van der Waals surface area contributed by atoms with E-state index in [0.717, 1.165) is 99.8 Å². The van der Waals surface area contributed by atoms with Gasteiger partial charge >= 0.3 is 0 Å². The van der Waals surface area contributed by atoms with E-state index in [1.54, 1.807) is 0 Å². The highest BCUT2D eigenvalue weighted by Gasteiger charge is 2.43. The molecule has 386 valence electrons. The molecule has 0 bridgehead atoms. The summed E-state index contributed by atoms with van der Waals surface area (Å²) in [6.45, 7) is 6.71. The van der Waals surface area contributed by atoms with E-state index in [2.05, 4.69) is 299 Å². The Bertz CT molecular complexity index is 4180. The molecule has 2 heterocycles. The van der Waals surface area contributed by atoms with Gasteiger partial charge in [-0.3, -0.25) is 0 Å². The maximum absolute atomic E-state index is 7.57. The molecule has 81 heavy (non-hydrogen) atoms. The molecule has 0 spiro atoms. The van der Waals surface area contributed by atoms with E-state index < -0.39 is 0 Å². The molecule has 12 aromatic carbocycles. The third kappa shape index (κ3) is 9.50. The van der Waals surface area contributed by atoms with Crippen molar-refractivity contribution in [3.8, 4) is 89.0 Å². The summed E-state index contributed by atoms with van der Waals surface area (Å²) in [7, 11) is 0. The second-order valence-electron chi connectivity index (χ2n) is 22.3. The molecule has 5 heteroatoms. The second kappa shape index (κ2) is 20.8. The smallest absolute Gasteiger partial charge is 0.249 e. The van der Waals surface area contributed by atoms with Gasteiger partial charge in [-0.15, -0.1) is 0 Å². The Morgan fingerprint density at radius 1 is 0.333 bits per heavy atom. The molecule has 2 aliphatic heterocycles. The molecular formula is C76H54BCl2NS. The van der Waals surface area contributed by atoms with Crippen LogP contribution in [0.25, 0.3) is 89.0 Å². The van der Waals surface area contributed by atoms with Crippen LogP contribution in [0.5, 0.6) is 0 Å². The van der Waals surface area contributed by atoms with Gasteiger partial charge in [0, 0.05) is 42.3 Å². The zero-order chi connectivity index (χ0) is 54.8. The Balaban J connectivity index is 1.08. The minimum absolute atomic E-state index is 0.143. The van der Waals surface area contributed by atoms with Crippen LogP contribution in [0.1, 0.15) is 26.3 Å². The standard InChI is InChI=1S/C76H54BCl2NS/c1-76(2,3)62-44-65(53-30-18-8-19-31-53)74(66(45-62)54-32-20-9-21-33-54)80-70-46-63(78)34-35-68(70)77-69-43-60(59-38-55(49-22-10-4-11-23-49)36-56(39-59)50-24-12-5-13-25-50)42-67(75(69)81-72-48-64(79)47-71(80)73(72)77)61-40-57(51-26-14-6-15-27-51)37-58(41-61)52-28-16-7-17-29-52/h4-48H,1-3H3. The van der Waals surface area contributed by atoms with Crippen LogP contribution in [0, 0.1) is 0 Å². The fraction of sp³-hybridized carbons (Fsp3) is 0.0526. The van der Waals surface area contributed by atoms with Crippen molar-refractivity contribution in [2.45, 2.75) is 36.0 Å². The van der Waals surface area contributed by atoms with Crippen LogP contribution in [0.2, 0.25) is 10.0 Å². The summed E-state index contributed by atoms with van der Waals surface area (Å²) in [6.07, 6.45) is 0. The van der Waals surface area contributed by atoms with Gasteiger partial charge in [0.25, 0.3) is 0 Å². The van der Waals surface area contributed by atoms with Gasteiger partial charge in [0.05, 0.1) is 5.69 Å². The number of benzene rings is 12. The SMILES string of the molecule is CC(C)(C)c1cc(-c2ccccc2)c(N2c3cc(Cl)ccc3B3c4cc(-c5cc(-c6ccccc6)cc(-c6ccccc6)c5)cc(-c5cc(-c6ccccc6)cc(-c6ccccc6)c5)c4Sc4cc(Cl)cc2c43)c(-c2ccccc2)c1. The Kier molecular flexibility index (Phi) is 13.0. The number of halogens is 2. The highest BCUT2D eigenvalue weighted by molar-refractivity contribution is 8.00. The van der Waals surface area contributed by atoms with Gasteiger partial charge in [-0.2, -0.15) is 0 Å². The van der Waals surface area contributed by atoms with E-state index >= 15 is 0 Å². The minimum Gasteiger partial charge on any atom is -0.310 e. The molecule has 1 nitrogen and oxygen atoms in total. The molecule has 0 saturated carbocycles. The normalized spacial score (nSPS) is 12.4. The Labute approximate surface area is 490 Å². The van der Waals surface area contributed by atoms with Gasteiger partial charge in [0.15, 0.2) is 0 Å². The number of anilines is 3. The highest BCUT2D eigenvalue weighted by Crippen LogP contribution is 2.53. The Morgan fingerprint density at radius 3 is 1.17 bits per heavy atom. The molecule has 14 rings (SSSR count). The van der Waals surface area contributed by atoms with Crippen molar-refractivity contribution in [3.63, 3.8) is 0 Å². The van der Waals surface area contributed by atoms with E-state index in [-0.39, 0.29) is 12.1 Å². The molecule has 0 saturated heterocycles. The van der Waals surface area contributed by atoms with Crippen molar-refractivity contribution >= 4 is 75.1 Å². The largest absolute Gasteiger partial charge is 0.310 e. The highest BCUT2D eigenvalue weighted by atomic mass is 35.5. The quantitative estimate of drug-likeness (QED) is 0.133. The third-order valence-electron chi connectivity index (χ3n) is 16.1. The van der Waals surface area contributed by atoms with Crippen LogP contribution in [0.4, 0.5) is 17.1 Å². The third-order valence-corrected chi connectivity index (χ3v) is 17.8. The van der Waals surface area contributed by atoms with Crippen LogP contribution in [0.3, 0.4) is 0 Å². The van der Waals surface area contributed by atoms with Crippen LogP contribution in [-0.2, 0) is 5.41 Å². The molecule has 0 radical (unpaired) electrons. The summed E-state index contributed by atoms with van der Waals surface area (Å²) < 4.78 is 0. The van der Waals surface area contributed by atoms with E-state index in [0.29, 0.717) is 10.0 Å². The van der Waals surface area contributed by atoms with Gasteiger partial charge < -0.3 is 4.90 Å². The first-order valence-corrected chi connectivity index (χ1v) is 29.3. The van der Waals surface area contributed by atoms with Crippen molar-refractivity contribution in [2.75, 3.05) is 4.90 Å². The molecule has 2 aliphatic rings. The lowest BCUT2D eigenvalue weighted by Gasteiger charge is -2.42. The number of nitrogens with zero attached hydrogens (tertiary/aromatic N) is 1. The van der Waals surface area contributed by atoms with Crippen molar-refractivity contribution in [1.82, 2.24) is 0 Å². The fourth-order valence-electron chi connectivity index (χ4n) is 12.2. The van der Waals surface area contributed by atoms with E-state index in [9.17, 15) is 0 Å². The number of fused-ring (bicyclic) bond motifs is 4. The maximum atomic E-state index is 7.57. The van der Waals surface area contributed by atoms with Gasteiger partial charge in [-0.1, -0.05) is 255 Å². The lowest BCUT2D eigenvalue weighted by atomic mass is 9.34. The maximum Gasteiger partial charge on any atom is 0.249 e. The Hall–Kier alpha value is -8.57. The molecule has 0 N–H and O–H groups in total. The second-order valence-corrected chi connectivity index (χ2v) is 24.2. The lowest BCUT2D eigenvalue weighted by molar-refractivity contribution is 0.591. The lowest BCUT2D eigenvalue weighted by Crippen LogP contribution is -2.60. The van der Waals surface area contributed by atoms with Crippen LogP contribution in [-0.4, -0.2) is 6.71 Å². The van der Waals surface area contributed by atoms with E-state index in [1.165, 1.54) is 38.0 Å². The van der Waals surface area contributed by atoms with Crippen LogP contribution >= 0.6 is 35.0 Å². The summed E-state index contributed by atoms with van der Waals surface area (Å²) in [6, 6.07) is 99.7. The van der Waals surface area contributed by atoms with Crippen molar-refractivity contribution in [3.05, 3.63) is 289 Å². The molecular weight excluding hydrogens is 1040 g/mol. The molecule has 0 fully saturated rings. The van der Waals surface area contributed by atoms with Crippen LogP contribution in [0.15, 0.2) is 283 Å². The van der Waals surface area contributed by atoms with Gasteiger partial charge in [0.2, 0.25) is 6.71 Å². The molecule has 0 atom stereocenters. The fourth-order valence-corrected chi connectivity index (χ4v) is 13.9. The first-order valence-electron chi connectivity index (χ1n) is 27.7. The summed E-state index contributed by atoms with van der Waals surface area (Å²) in [5.41, 5.74) is 26.3. The van der Waals surface area contributed by atoms with Gasteiger partial charge in [-0.05, 0) is 179 Å². The first kappa shape index (κ1) is 50.6. The van der Waals surface area contributed by atoms with Gasteiger partial charge in [0.1, 0.15) is 0 Å². The Morgan fingerprint density at radius 2 is 0.728 bits per heavy atom. The van der Waals surface area contributed by atoms with Gasteiger partial charge in [-0.25, -0.2) is 0 Å². The molecule has 12 aromatic rings. The zero-order valence-corrected chi connectivity index (χ0v) is 47.5. The number of rotatable bonds is 9. The predicted molar refractivity (Wildman–Crippen MR) is 349 cm³/mol. The summed E-state index contributed by atoms with van der Waals surface area (Å²) in [5.74, 6) is 0. The predicted octanol–water partition coefficient (Wildman–Crippen LogP) is 20.4. The molecule has 0 aromatic heterocycles. The molecule has 0 unspecified atom stereocenters. The summed E-state index contributed by atoms with van der Waals surface area (Å²) >= 11 is 16.7. The summed E-state index contributed by atoms with van der Waals surface area (Å²) in [5, 5.41) is 1.33. The van der Waals surface area contributed by atoms with Crippen molar-refractivity contribution < 1.29 is 0 Å². The average Bonchev–Trinajstić information content (AvgIpc) is 3.67. The van der Waals surface area contributed by atoms with Crippen molar-refractivity contribution in [2.24, 2.45) is 0 Å². The summed E-state index contributed by atoms with van der Waals surface area (Å²) in [4.78, 5) is 4.82.